The summed E-state index contributed by atoms with van der Waals surface area (Å²) in [6, 6.07) is 5.85. The summed E-state index contributed by atoms with van der Waals surface area (Å²) < 4.78 is 5.92. The Bertz CT molecular complexity index is 368. The molecule has 3 nitrogen and oxygen atoms in total. The fourth-order valence-corrected chi connectivity index (χ4v) is 2.06. The average Bonchev–Trinajstić information content (AvgIpc) is 2.09. The van der Waals surface area contributed by atoms with Crippen molar-refractivity contribution in [3.8, 4) is 0 Å². The van der Waals surface area contributed by atoms with Gasteiger partial charge in [-0.25, -0.2) is 0 Å². The van der Waals surface area contributed by atoms with Crippen LogP contribution in [-0.2, 0) is 4.74 Å². The van der Waals surface area contributed by atoms with Gasteiger partial charge in [-0.05, 0) is 30.7 Å². The number of hydrogen-bond donors (Lipinski definition) is 1. The Hall–Kier alpha value is -0.870. The molecule has 1 aromatic rings. The number of nitrogens with one attached hydrogen (secondary N) is 1. The minimum Gasteiger partial charge on any atom is -0.377 e. The monoisotopic (exact) mass is 269 g/mol. The molecule has 0 aromatic heterocycles. The van der Waals surface area contributed by atoms with E-state index >= 15 is 0 Å². The smallest absolute Gasteiger partial charge is 0.251 e. The molecule has 0 spiro atoms. The normalized spacial score (nSPS) is 15.9. The summed E-state index contributed by atoms with van der Waals surface area (Å²) in [5, 5.41) is 2.90. The van der Waals surface area contributed by atoms with E-state index in [0.29, 0.717) is 18.8 Å². The van der Waals surface area contributed by atoms with Gasteiger partial charge in [0.15, 0.2) is 0 Å². The molecule has 1 fully saturated rings. The molecule has 1 saturated heterocycles. The molecule has 80 valence electrons. The second-order valence-corrected chi connectivity index (χ2v) is 4.64. The van der Waals surface area contributed by atoms with Crippen molar-refractivity contribution in [2.24, 2.45) is 0 Å². The molecule has 0 radical (unpaired) electrons. The zero-order valence-electron chi connectivity index (χ0n) is 8.42. The highest BCUT2D eigenvalue weighted by Crippen LogP contribution is 2.15. The van der Waals surface area contributed by atoms with Crippen LogP contribution in [0, 0.1) is 6.92 Å². The molecule has 1 aromatic carbocycles. The lowest BCUT2D eigenvalue weighted by Crippen LogP contribution is -2.48. The van der Waals surface area contributed by atoms with Crippen LogP contribution >= 0.6 is 15.9 Å². The lowest BCUT2D eigenvalue weighted by atomic mass is 10.1. The molecule has 0 atom stereocenters. The molecule has 0 aliphatic carbocycles. The first-order valence-electron chi connectivity index (χ1n) is 4.81. The van der Waals surface area contributed by atoms with Crippen molar-refractivity contribution in [1.82, 2.24) is 5.32 Å². The third-order valence-electron chi connectivity index (χ3n) is 2.28. The molecule has 1 aliphatic heterocycles. The van der Waals surface area contributed by atoms with Gasteiger partial charge in [0.1, 0.15) is 0 Å². The molecular weight excluding hydrogens is 258 g/mol. The van der Waals surface area contributed by atoms with Crippen LogP contribution in [0.15, 0.2) is 22.7 Å². The Kier molecular flexibility index (Phi) is 3.07. The van der Waals surface area contributed by atoms with Crippen molar-refractivity contribution in [3.63, 3.8) is 0 Å². The van der Waals surface area contributed by atoms with Crippen molar-refractivity contribution in [3.05, 3.63) is 33.8 Å². The van der Waals surface area contributed by atoms with Gasteiger partial charge in [-0.2, -0.15) is 0 Å². The first-order chi connectivity index (χ1) is 7.15. The maximum absolute atomic E-state index is 11.8. The van der Waals surface area contributed by atoms with Crippen molar-refractivity contribution < 1.29 is 9.53 Å². The van der Waals surface area contributed by atoms with Gasteiger partial charge in [-0.3, -0.25) is 4.79 Å². The lowest BCUT2D eigenvalue weighted by molar-refractivity contribution is -0.00346. The van der Waals surface area contributed by atoms with Gasteiger partial charge < -0.3 is 10.1 Å². The minimum absolute atomic E-state index is 0.0345. The Labute approximate surface area is 96.9 Å². The Morgan fingerprint density at radius 2 is 2.20 bits per heavy atom. The first kappa shape index (κ1) is 10.6. The molecule has 15 heavy (non-hydrogen) atoms. The van der Waals surface area contributed by atoms with Crippen LogP contribution in [0.3, 0.4) is 0 Å². The van der Waals surface area contributed by atoms with Crippen molar-refractivity contribution in [1.29, 1.82) is 0 Å². The summed E-state index contributed by atoms with van der Waals surface area (Å²) in [6.45, 7) is 3.21. The molecule has 0 bridgehead atoms. The van der Waals surface area contributed by atoms with Gasteiger partial charge in [0.05, 0.1) is 19.3 Å². The summed E-state index contributed by atoms with van der Waals surface area (Å²) in [5.41, 5.74) is 1.76. The minimum atomic E-state index is -0.0345. The van der Waals surface area contributed by atoms with E-state index in [9.17, 15) is 4.79 Å². The molecule has 4 heteroatoms. The number of aryl methyl sites for hydroxylation is 1. The zero-order valence-corrected chi connectivity index (χ0v) is 10.0. The Morgan fingerprint density at radius 3 is 2.73 bits per heavy atom. The van der Waals surface area contributed by atoms with E-state index in [-0.39, 0.29) is 11.9 Å². The number of ether oxygens (including phenoxy) is 1. The maximum atomic E-state index is 11.8. The predicted molar refractivity (Wildman–Crippen MR) is 61.0 cm³/mol. The summed E-state index contributed by atoms with van der Waals surface area (Å²) >= 11 is 3.37. The topological polar surface area (TPSA) is 38.3 Å². The number of rotatable bonds is 2. The second-order valence-electron chi connectivity index (χ2n) is 3.73. The van der Waals surface area contributed by atoms with E-state index in [4.69, 9.17) is 4.74 Å². The summed E-state index contributed by atoms with van der Waals surface area (Å²) in [6.07, 6.45) is 0. The molecule has 1 heterocycles. The third kappa shape index (κ3) is 2.58. The zero-order chi connectivity index (χ0) is 10.8. The molecule has 1 amide bonds. The third-order valence-corrected chi connectivity index (χ3v) is 2.74. The van der Waals surface area contributed by atoms with Crippen LogP contribution in [0.2, 0.25) is 0 Å². The highest BCUT2D eigenvalue weighted by Gasteiger charge is 2.21. The summed E-state index contributed by atoms with van der Waals surface area (Å²) in [5.74, 6) is -0.0345. The lowest BCUT2D eigenvalue weighted by Gasteiger charge is -2.26. The second kappa shape index (κ2) is 4.33. The quantitative estimate of drug-likeness (QED) is 0.891. The van der Waals surface area contributed by atoms with Gasteiger partial charge in [0.2, 0.25) is 0 Å². The SMILES string of the molecule is Cc1cc(Br)cc(C(=O)NC2COC2)c1. The molecule has 2 rings (SSSR count). The Morgan fingerprint density at radius 1 is 1.47 bits per heavy atom. The molecule has 1 aliphatic rings. The van der Waals surface area contributed by atoms with E-state index < -0.39 is 0 Å². The highest BCUT2D eigenvalue weighted by atomic mass is 79.9. The van der Waals surface area contributed by atoms with E-state index in [2.05, 4.69) is 21.2 Å². The van der Waals surface area contributed by atoms with Crippen LogP contribution < -0.4 is 5.32 Å². The van der Waals surface area contributed by atoms with Crippen LogP contribution in [0.25, 0.3) is 0 Å². The first-order valence-corrected chi connectivity index (χ1v) is 5.60. The molecular formula is C11H12BrNO2. The van der Waals surface area contributed by atoms with Crippen molar-refractivity contribution in [2.45, 2.75) is 13.0 Å². The van der Waals surface area contributed by atoms with E-state index in [1.165, 1.54) is 0 Å². The molecule has 1 N–H and O–H groups in total. The van der Waals surface area contributed by atoms with Crippen LogP contribution in [0.5, 0.6) is 0 Å². The van der Waals surface area contributed by atoms with Crippen LogP contribution in [0.1, 0.15) is 15.9 Å². The number of amides is 1. The Balaban J connectivity index is 2.10. The standard InChI is InChI=1S/C11H12BrNO2/c1-7-2-8(4-9(12)3-7)11(14)13-10-5-15-6-10/h2-4,10H,5-6H2,1H3,(H,13,14). The van der Waals surface area contributed by atoms with Gasteiger partial charge in [0, 0.05) is 10.0 Å². The summed E-state index contributed by atoms with van der Waals surface area (Å²) in [4.78, 5) is 11.8. The van der Waals surface area contributed by atoms with E-state index in [1.54, 1.807) is 0 Å². The maximum Gasteiger partial charge on any atom is 0.251 e. The molecule has 0 saturated carbocycles. The van der Waals surface area contributed by atoms with E-state index in [1.807, 2.05) is 25.1 Å². The van der Waals surface area contributed by atoms with Gasteiger partial charge >= 0.3 is 0 Å². The summed E-state index contributed by atoms with van der Waals surface area (Å²) in [7, 11) is 0. The largest absolute Gasteiger partial charge is 0.377 e. The molecule has 0 unspecified atom stereocenters. The number of carbonyl (C=O) groups is 1. The fourth-order valence-electron chi connectivity index (χ4n) is 1.46. The highest BCUT2D eigenvalue weighted by molar-refractivity contribution is 9.10. The number of carbonyl (C=O) groups excluding carboxylic acids is 1. The predicted octanol–water partition coefficient (Wildman–Crippen LogP) is 1.89. The van der Waals surface area contributed by atoms with Gasteiger partial charge in [-0.15, -0.1) is 0 Å². The van der Waals surface area contributed by atoms with E-state index in [0.717, 1.165) is 10.0 Å². The fraction of sp³-hybridized carbons (Fsp3) is 0.364. The van der Waals surface area contributed by atoms with Gasteiger partial charge in [0.25, 0.3) is 5.91 Å². The van der Waals surface area contributed by atoms with Crippen LogP contribution in [-0.4, -0.2) is 25.2 Å². The number of hydrogen-bond acceptors (Lipinski definition) is 2. The van der Waals surface area contributed by atoms with Gasteiger partial charge in [-0.1, -0.05) is 15.9 Å². The number of benzene rings is 1. The average molecular weight is 270 g/mol. The van der Waals surface area contributed by atoms with Crippen LogP contribution in [0.4, 0.5) is 0 Å². The van der Waals surface area contributed by atoms with Crippen molar-refractivity contribution >= 4 is 21.8 Å². The number of halogens is 1. The van der Waals surface area contributed by atoms with Crippen molar-refractivity contribution in [2.75, 3.05) is 13.2 Å².